The highest BCUT2D eigenvalue weighted by Gasteiger charge is 2.08. The van der Waals surface area contributed by atoms with Crippen LogP contribution in [0.25, 0.3) is 11.0 Å². The van der Waals surface area contributed by atoms with Crippen LogP contribution in [0, 0.1) is 6.92 Å². The van der Waals surface area contributed by atoms with Crippen LogP contribution in [0.5, 0.6) is 0 Å². The van der Waals surface area contributed by atoms with Crippen LogP contribution in [-0.2, 0) is 4.74 Å². The van der Waals surface area contributed by atoms with Crippen LogP contribution in [0.4, 0.5) is 0 Å². The average Bonchev–Trinajstić information content (AvgIpc) is 2.59. The minimum atomic E-state index is 0.0164. The zero-order valence-electron chi connectivity index (χ0n) is 8.66. The Morgan fingerprint density at radius 3 is 2.93 bits per heavy atom. The molecule has 0 bridgehead atoms. The van der Waals surface area contributed by atoms with E-state index in [9.17, 15) is 0 Å². The fourth-order valence-electron chi connectivity index (χ4n) is 1.45. The van der Waals surface area contributed by atoms with Gasteiger partial charge in [-0.15, -0.1) is 0 Å². The van der Waals surface area contributed by atoms with E-state index in [2.05, 4.69) is 29.0 Å². The topological polar surface area (TPSA) is 37.9 Å². The third-order valence-electron chi connectivity index (χ3n) is 2.39. The Kier molecular flexibility index (Phi) is 2.25. The molecule has 0 spiro atoms. The van der Waals surface area contributed by atoms with Crippen molar-refractivity contribution in [1.29, 1.82) is 0 Å². The molecule has 1 atom stereocenters. The van der Waals surface area contributed by atoms with Gasteiger partial charge in [0, 0.05) is 7.11 Å². The Labute approximate surface area is 83.1 Å². The summed E-state index contributed by atoms with van der Waals surface area (Å²) in [4.78, 5) is 7.69. The van der Waals surface area contributed by atoms with Crippen LogP contribution in [0.2, 0.25) is 0 Å². The Morgan fingerprint density at radius 2 is 2.21 bits per heavy atom. The number of nitrogens with one attached hydrogen (secondary N) is 1. The summed E-state index contributed by atoms with van der Waals surface area (Å²) >= 11 is 0. The number of aromatic nitrogens is 2. The second-order valence-electron chi connectivity index (χ2n) is 3.52. The minimum Gasteiger partial charge on any atom is -0.374 e. The molecule has 0 aliphatic heterocycles. The highest BCUT2D eigenvalue weighted by Crippen LogP contribution is 2.18. The molecule has 0 amide bonds. The maximum atomic E-state index is 5.20. The summed E-state index contributed by atoms with van der Waals surface area (Å²) in [6.45, 7) is 4.05. The molecule has 1 unspecified atom stereocenters. The number of methoxy groups -OCH3 is 1. The summed E-state index contributed by atoms with van der Waals surface area (Å²) < 4.78 is 5.20. The first-order valence-electron chi connectivity index (χ1n) is 4.70. The lowest BCUT2D eigenvalue weighted by Gasteiger charge is -2.03. The van der Waals surface area contributed by atoms with E-state index in [4.69, 9.17) is 4.74 Å². The largest absolute Gasteiger partial charge is 0.374 e. The first-order chi connectivity index (χ1) is 6.70. The number of benzene rings is 1. The molecule has 1 aromatic carbocycles. The van der Waals surface area contributed by atoms with Gasteiger partial charge in [0.1, 0.15) is 11.9 Å². The van der Waals surface area contributed by atoms with Gasteiger partial charge in [-0.05, 0) is 31.5 Å². The molecule has 2 rings (SSSR count). The number of nitrogens with zero attached hydrogens (tertiary/aromatic N) is 1. The first kappa shape index (κ1) is 9.21. The van der Waals surface area contributed by atoms with Gasteiger partial charge in [-0.2, -0.15) is 0 Å². The van der Waals surface area contributed by atoms with Gasteiger partial charge >= 0.3 is 0 Å². The Morgan fingerprint density at radius 1 is 1.43 bits per heavy atom. The van der Waals surface area contributed by atoms with E-state index in [0.29, 0.717) is 0 Å². The lowest BCUT2D eigenvalue weighted by Crippen LogP contribution is -1.97. The molecular weight excluding hydrogens is 176 g/mol. The standard InChI is InChI=1S/C11H14N2O/c1-7-4-5-9-10(6-7)13-11(12-9)8(2)14-3/h4-6,8H,1-3H3,(H,12,13). The minimum absolute atomic E-state index is 0.0164. The van der Waals surface area contributed by atoms with Gasteiger partial charge in [0.15, 0.2) is 0 Å². The fraction of sp³-hybridized carbons (Fsp3) is 0.364. The van der Waals surface area contributed by atoms with Crippen LogP contribution in [-0.4, -0.2) is 17.1 Å². The van der Waals surface area contributed by atoms with Gasteiger partial charge in [-0.25, -0.2) is 4.98 Å². The molecule has 1 N–H and O–H groups in total. The van der Waals surface area contributed by atoms with Gasteiger partial charge in [0.05, 0.1) is 11.0 Å². The summed E-state index contributed by atoms with van der Waals surface area (Å²) in [6, 6.07) is 6.17. The highest BCUT2D eigenvalue weighted by molar-refractivity contribution is 5.75. The molecule has 0 saturated carbocycles. The molecular formula is C11H14N2O. The molecule has 0 radical (unpaired) electrons. The number of imidazole rings is 1. The maximum Gasteiger partial charge on any atom is 0.136 e. The molecule has 1 heterocycles. The second kappa shape index (κ2) is 3.42. The Hall–Kier alpha value is -1.35. The molecule has 0 saturated heterocycles. The van der Waals surface area contributed by atoms with E-state index in [1.807, 2.05) is 13.0 Å². The van der Waals surface area contributed by atoms with Crippen molar-refractivity contribution in [3.8, 4) is 0 Å². The van der Waals surface area contributed by atoms with E-state index in [1.54, 1.807) is 7.11 Å². The summed E-state index contributed by atoms with van der Waals surface area (Å²) in [7, 11) is 1.68. The Balaban J connectivity index is 2.51. The van der Waals surface area contributed by atoms with Crippen LogP contribution >= 0.6 is 0 Å². The van der Waals surface area contributed by atoms with Gasteiger partial charge < -0.3 is 9.72 Å². The molecule has 3 nitrogen and oxygen atoms in total. The van der Waals surface area contributed by atoms with E-state index in [0.717, 1.165) is 16.9 Å². The second-order valence-corrected chi connectivity index (χ2v) is 3.52. The van der Waals surface area contributed by atoms with Crippen molar-refractivity contribution in [3.05, 3.63) is 29.6 Å². The summed E-state index contributed by atoms with van der Waals surface area (Å²) in [5.74, 6) is 0.883. The summed E-state index contributed by atoms with van der Waals surface area (Å²) in [5, 5.41) is 0. The lowest BCUT2D eigenvalue weighted by molar-refractivity contribution is 0.113. The highest BCUT2D eigenvalue weighted by atomic mass is 16.5. The van der Waals surface area contributed by atoms with E-state index in [1.165, 1.54) is 5.56 Å². The molecule has 0 fully saturated rings. The van der Waals surface area contributed by atoms with E-state index >= 15 is 0 Å². The fourth-order valence-corrected chi connectivity index (χ4v) is 1.45. The van der Waals surface area contributed by atoms with Gasteiger partial charge in [-0.1, -0.05) is 6.07 Å². The molecule has 2 aromatic rings. The van der Waals surface area contributed by atoms with Gasteiger partial charge in [-0.3, -0.25) is 0 Å². The zero-order chi connectivity index (χ0) is 10.1. The number of H-pyrrole nitrogens is 1. The molecule has 1 aromatic heterocycles. The number of rotatable bonds is 2. The predicted octanol–water partition coefficient (Wildman–Crippen LogP) is 2.58. The number of aryl methyl sites for hydroxylation is 1. The molecule has 14 heavy (non-hydrogen) atoms. The number of fused-ring (bicyclic) bond motifs is 1. The van der Waals surface area contributed by atoms with Crippen LogP contribution in [0.1, 0.15) is 24.4 Å². The van der Waals surface area contributed by atoms with Crippen LogP contribution < -0.4 is 0 Å². The third kappa shape index (κ3) is 1.51. The number of aromatic amines is 1. The maximum absolute atomic E-state index is 5.20. The zero-order valence-corrected chi connectivity index (χ0v) is 8.66. The van der Waals surface area contributed by atoms with Crippen molar-refractivity contribution in [2.24, 2.45) is 0 Å². The SMILES string of the molecule is COC(C)c1nc2ccc(C)cc2[nH]1. The smallest absolute Gasteiger partial charge is 0.136 e. The number of hydrogen-bond acceptors (Lipinski definition) is 2. The quantitative estimate of drug-likeness (QED) is 0.790. The third-order valence-corrected chi connectivity index (χ3v) is 2.39. The molecule has 0 aliphatic carbocycles. The molecule has 74 valence electrons. The van der Waals surface area contributed by atoms with Crippen molar-refractivity contribution in [1.82, 2.24) is 9.97 Å². The first-order valence-corrected chi connectivity index (χ1v) is 4.70. The van der Waals surface area contributed by atoms with Crippen molar-refractivity contribution in [2.75, 3.05) is 7.11 Å². The predicted molar refractivity (Wildman–Crippen MR) is 56.3 cm³/mol. The molecule has 0 aliphatic rings. The van der Waals surface area contributed by atoms with Crippen LogP contribution in [0.15, 0.2) is 18.2 Å². The monoisotopic (exact) mass is 190 g/mol. The van der Waals surface area contributed by atoms with Crippen molar-refractivity contribution in [2.45, 2.75) is 20.0 Å². The summed E-state index contributed by atoms with van der Waals surface area (Å²) in [6.07, 6.45) is 0.0164. The van der Waals surface area contributed by atoms with Gasteiger partial charge in [0.2, 0.25) is 0 Å². The van der Waals surface area contributed by atoms with Gasteiger partial charge in [0.25, 0.3) is 0 Å². The van der Waals surface area contributed by atoms with Crippen molar-refractivity contribution >= 4 is 11.0 Å². The van der Waals surface area contributed by atoms with Crippen molar-refractivity contribution < 1.29 is 4.74 Å². The summed E-state index contributed by atoms with van der Waals surface area (Å²) in [5.41, 5.74) is 3.30. The number of hydrogen-bond donors (Lipinski definition) is 1. The van der Waals surface area contributed by atoms with E-state index < -0.39 is 0 Å². The average molecular weight is 190 g/mol. The normalized spacial score (nSPS) is 13.4. The number of ether oxygens (including phenoxy) is 1. The molecule has 3 heteroatoms. The van der Waals surface area contributed by atoms with Crippen LogP contribution in [0.3, 0.4) is 0 Å². The Bertz CT molecular complexity index is 447. The van der Waals surface area contributed by atoms with Crippen molar-refractivity contribution in [3.63, 3.8) is 0 Å². The van der Waals surface area contributed by atoms with E-state index in [-0.39, 0.29) is 6.10 Å². The lowest BCUT2D eigenvalue weighted by atomic mass is 10.2.